The number of hydrogen-bond acceptors (Lipinski definition) is 3. The van der Waals surface area contributed by atoms with Gasteiger partial charge in [-0.15, -0.1) is 0 Å². The maximum atomic E-state index is 11.1. The summed E-state index contributed by atoms with van der Waals surface area (Å²) in [7, 11) is 0. The summed E-state index contributed by atoms with van der Waals surface area (Å²) in [6.45, 7) is 3.83. The van der Waals surface area contributed by atoms with E-state index in [0.29, 0.717) is 19.6 Å². The standard InChI is InChI=1S/C9H17NO3/c1-2-8(11)4-6-10-5-3-7-13-9(10)12/h8,11H,2-7H2,1H3. The van der Waals surface area contributed by atoms with Gasteiger partial charge in [-0.25, -0.2) is 4.79 Å². The summed E-state index contributed by atoms with van der Waals surface area (Å²) in [6.07, 6.45) is 1.74. The fourth-order valence-electron chi connectivity index (χ4n) is 1.31. The molecule has 1 amide bonds. The number of hydrogen-bond donors (Lipinski definition) is 1. The van der Waals surface area contributed by atoms with Gasteiger partial charge in [-0.05, 0) is 19.3 Å². The van der Waals surface area contributed by atoms with Gasteiger partial charge < -0.3 is 14.7 Å². The predicted molar refractivity (Wildman–Crippen MR) is 48.5 cm³/mol. The Bertz CT molecular complexity index is 172. The highest BCUT2D eigenvalue weighted by Crippen LogP contribution is 2.07. The van der Waals surface area contributed by atoms with Crippen LogP contribution in [0.25, 0.3) is 0 Å². The molecule has 0 bridgehead atoms. The van der Waals surface area contributed by atoms with Gasteiger partial charge in [0, 0.05) is 13.1 Å². The Morgan fingerprint density at radius 2 is 2.46 bits per heavy atom. The summed E-state index contributed by atoms with van der Waals surface area (Å²) in [5.41, 5.74) is 0. The van der Waals surface area contributed by atoms with E-state index in [9.17, 15) is 9.90 Å². The molecule has 0 aromatic heterocycles. The molecule has 1 aliphatic heterocycles. The average Bonchev–Trinajstić information content (AvgIpc) is 2.16. The normalized spacial score (nSPS) is 19.8. The fourth-order valence-corrected chi connectivity index (χ4v) is 1.31. The molecule has 1 heterocycles. The van der Waals surface area contributed by atoms with Crippen LogP contribution in [0.2, 0.25) is 0 Å². The zero-order valence-corrected chi connectivity index (χ0v) is 8.03. The molecule has 1 rings (SSSR count). The van der Waals surface area contributed by atoms with Gasteiger partial charge in [0.05, 0.1) is 12.7 Å². The van der Waals surface area contributed by atoms with Crippen LogP contribution in [0.4, 0.5) is 4.79 Å². The number of carbonyl (C=O) groups excluding carboxylic acids is 1. The van der Waals surface area contributed by atoms with E-state index in [1.54, 1.807) is 4.90 Å². The van der Waals surface area contributed by atoms with Gasteiger partial charge in [0.15, 0.2) is 0 Å². The Morgan fingerprint density at radius 1 is 1.69 bits per heavy atom. The van der Waals surface area contributed by atoms with Crippen LogP contribution in [-0.2, 0) is 4.74 Å². The Labute approximate surface area is 78.5 Å². The van der Waals surface area contributed by atoms with Crippen molar-refractivity contribution in [2.45, 2.75) is 32.3 Å². The van der Waals surface area contributed by atoms with Crippen LogP contribution in [0.5, 0.6) is 0 Å². The van der Waals surface area contributed by atoms with E-state index in [1.807, 2.05) is 6.92 Å². The third-order valence-corrected chi connectivity index (χ3v) is 2.26. The summed E-state index contributed by atoms with van der Waals surface area (Å²) in [5.74, 6) is 0. The van der Waals surface area contributed by atoms with Crippen LogP contribution >= 0.6 is 0 Å². The smallest absolute Gasteiger partial charge is 0.409 e. The van der Waals surface area contributed by atoms with E-state index in [0.717, 1.165) is 19.4 Å². The molecular formula is C9H17NO3. The SMILES string of the molecule is CCC(O)CCN1CCCOC1=O. The molecule has 0 aromatic rings. The lowest BCUT2D eigenvalue weighted by Crippen LogP contribution is -2.39. The number of amides is 1. The molecule has 1 unspecified atom stereocenters. The largest absolute Gasteiger partial charge is 0.449 e. The minimum Gasteiger partial charge on any atom is -0.449 e. The van der Waals surface area contributed by atoms with E-state index < -0.39 is 0 Å². The van der Waals surface area contributed by atoms with Gasteiger partial charge in [-0.3, -0.25) is 0 Å². The molecule has 13 heavy (non-hydrogen) atoms. The average molecular weight is 187 g/mol. The molecule has 1 N–H and O–H groups in total. The lowest BCUT2D eigenvalue weighted by molar-refractivity contribution is 0.0639. The Kier molecular flexibility index (Phi) is 4.02. The predicted octanol–water partition coefficient (Wildman–Crippen LogP) is 0.990. The number of cyclic esters (lactones) is 1. The van der Waals surface area contributed by atoms with Crippen LogP contribution in [0.3, 0.4) is 0 Å². The highest BCUT2D eigenvalue weighted by Gasteiger charge is 2.19. The van der Waals surface area contributed by atoms with Crippen molar-refractivity contribution in [3.8, 4) is 0 Å². The number of carbonyl (C=O) groups is 1. The number of aliphatic hydroxyl groups is 1. The monoisotopic (exact) mass is 187 g/mol. The molecule has 0 aromatic carbocycles. The summed E-state index contributed by atoms with van der Waals surface area (Å²) in [6, 6.07) is 0. The minimum atomic E-state index is -0.297. The van der Waals surface area contributed by atoms with Crippen LogP contribution < -0.4 is 0 Å². The van der Waals surface area contributed by atoms with Gasteiger partial charge in [0.2, 0.25) is 0 Å². The maximum absolute atomic E-state index is 11.1. The first kappa shape index (κ1) is 10.3. The minimum absolute atomic E-state index is 0.241. The molecular weight excluding hydrogens is 170 g/mol. The lowest BCUT2D eigenvalue weighted by atomic mass is 10.2. The lowest BCUT2D eigenvalue weighted by Gasteiger charge is -2.26. The van der Waals surface area contributed by atoms with Crippen molar-refractivity contribution in [2.75, 3.05) is 19.7 Å². The quantitative estimate of drug-likeness (QED) is 0.714. The Hall–Kier alpha value is -0.770. The second-order valence-corrected chi connectivity index (χ2v) is 3.31. The summed E-state index contributed by atoms with van der Waals surface area (Å²) in [4.78, 5) is 12.8. The molecule has 4 nitrogen and oxygen atoms in total. The van der Waals surface area contributed by atoms with E-state index in [2.05, 4.69) is 0 Å². The summed E-state index contributed by atoms with van der Waals surface area (Å²) >= 11 is 0. The molecule has 1 saturated heterocycles. The van der Waals surface area contributed by atoms with Gasteiger partial charge >= 0.3 is 6.09 Å². The van der Waals surface area contributed by atoms with Crippen LogP contribution in [-0.4, -0.2) is 41.9 Å². The summed E-state index contributed by atoms with van der Waals surface area (Å²) in [5, 5.41) is 9.30. The van der Waals surface area contributed by atoms with E-state index in [-0.39, 0.29) is 12.2 Å². The first-order valence-electron chi connectivity index (χ1n) is 4.83. The third-order valence-electron chi connectivity index (χ3n) is 2.26. The Balaban J connectivity index is 2.22. The van der Waals surface area contributed by atoms with Crippen molar-refractivity contribution in [3.05, 3.63) is 0 Å². The topological polar surface area (TPSA) is 49.8 Å². The van der Waals surface area contributed by atoms with Crippen molar-refractivity contribution in [1.82, 2.24) is 4.90 Å². The van der Waals surface area contributed by atoms with Gasteiger partial charge in [-0.1, -0.05) is 6.92 Å². The second-order valence-electron chi connectivity index (χ2n) is 3.31. The molecule has 4 heteroatoms. The second kappa shape index (κ2) is 5.07. The van der Waals surface area contributed by atoms with Crippen molar-refractivity contribution >= 4 is 6.09 Å². The van der Waals surface area contributed by atoms with E-state index in [4.69, 9.17) is 4.74 Å². The summed E-state index contributed by atoms with van der Waals surface area (Å²) < 4.78 is 4.86. The molecule has 0 saturated carbocycles. The zero-order valence-electron chi connectivity index (χ0n) is 8.03. The Morgan fingerprint density at radius 3 is 3.08 bits per heavy atom. The highest BCUT2D eigenvalue weighted by molar-refractivity contribution is 5.68. The van der Waals surface area contributed by atoms with Gasteiger partial charge in [0.1, 0.15) is 0 Å². The van der Waals surface area contributed by atoms with Crippen molar-refractivity contribution < 1.29 is 14.6 Å². The van der Waals surface area contributed by atoms with E-state index in [1.165, 1.54) is 0 Å². The molecule has 1 aliphatic rings. The number of nitrogens with zero attached hydrogens (tertiary/aromatic N) is 1. The maximum Gasteiger partial charge on any atom is 0.409 e. The molecule has 1 fully saturated rings. The third kappa shape index (κ3) is 3.22. The van der Waals surface area contributed by atoms with Crippen molar-refractivity contribution in [2.24, 2.45) is 0 Å². The number of rotatable bonds is 4. The highest BCUT2D eigenvalue weighted by atomic mass is 16.6. The van der Waals surface area contributed by atoms with Crippen LogP contribution in [0.1, 0.15) is 26.2 Å². The molecule has 1 atom stereocenters. The van der Waals surface area contributed by atoms with Crippen LogP contribution in [0, 0.1) is 0 Å². The molecule has 0 spiro atoms. The van der Waals surface area contributed by atoms with Crippen molar-refractivity contribution in [1.29, 1.82) is 0 Å². The molecule has 0 radical (unpaired) electrons. The molecule has 0 aliphatic carbocycles. The van der Waals surface area contributed by atoms with Gasteiger partial charge in [0.25, 0.3) is 0 Å². The molecule has 76 valence electrons. The first-order chi connectivity index (χ1) is 6.24. The van der Waals surface area contributed by atoms with Gasteiger partial charge in [-0.2, -0.15) is 0 Å². The van der Waals surface area contributed by atoms with Crippen LogP contribution in [0.15, 0.2) is 0 Å². The first-order valence-corrected chi connectivity index (χ1v) is 4.83. The number of aliphatic hydroxyl groups excluding tert-OH is 1. The fraction of sp³-hybridized carbons (Fsp3) is 0.889. The van der Waals surface area contributed by atoms with Crippen molar-refractivity contribution in [3.63, 3.8) is 0 Å². The van der Waals surface area contributed by atoms with E-state index >= 15 is 0 Å². The zero-order chi connectivity index (χ0) is 9.68. The number of ether oxygens (including phenoxy) is 1.